The van der Waals surface area contributed by atoms with Crippen molar-refractivity contribution in [1.82, 2.24) is 25.2 Å². The second-order valence-corrected chi connectivity index (χ2v) is 3.88. The monoisotopic (exact) mass is 250 g/mol. The van der Waals surface area contributed by atoms with Crippen molar-refractivity contribution in [3.8, 4) is 0 Å². The number of carbonyl (C=O) groups excluding carboxylic acids is 1. The van der Waals surface area contributed by atoms with Gasteiger partial charge in [-0.05, 0) is 6.92 Å². The molecule has 8 heteroatoms. The minimum absolute atomic E-state index is 0.180. The lowest BCUT2D eigenvalue weighted by Gasteiger charge is -2.03. The Kier molecular flexibility index (Phi) is 3.00. The van der Waals surface area contributed by atoms with Crippen LogP contribution in [-0.2, 0) is 13.6 Å². The second-order valence-electron chi connectivity index (χ2n) is 3.88. The summed E-state index contributed by atoms with van der Waals surface area (Å²) in [6, 6.07) is 0. The quantitative estimate of drug-likeness (QED) is 0.788. The first-order valence-electron chi connectivity index (χ1n) is 5.35. The van der Waals surface area contributed by atoms with Crippen molar-refractivity contribution >= 4 is 11.6 Å². The molecular formula is C10H14N6O2. The van der Waals surface area contributed by atoms with Crippen LogP contribution in [0.3, 0.4) is 0 Å². The zero-order valence-electron chi connectivity index (χ0n) is 10.4. The molecule has 96 valence electrons. The molecule has 0 spiro atoms. The Labute approximate surface area is 103 Å². The molecule has 0 unspecified atom stereocenters. The van der Waals surface area contributed by atoms with Crippen LogP contribution in [-0.4, -0.2) is 25.8 Å². The predicted octanol–water partition coefficient (Wildman–Crippen LogP) is -0.0679. The third-order valence-corrected chi connectivity index (χ3v) is 2.46. The number of nitrogens with zero attached hydrogens (tertiary/aromatic N) is 4. The van der Waals surface area contributed by atoms with Gasteiger partial charge in [0.05, 0.1) is 17.9 Å². The molecule has 18 heavy (non-hydrogen) atoms. The van der Waals surface area contributed by atoms with Crippen LogP contribution in [0.4, 0.5) is 5.69 Å². The van der Waals surface area contributed by atoms with Crippen LogP contribution in [0.2, 0.25) is 0 Å². The van der Waals surface area contributed by atoms with Gasteiger partial charge in [0.25, 0.3) is 5.91 Å². The Morgan fingerprint density at radius 2 is 2.22 bits per heavy atom. The highest BCUT2D eigenvalue weighted by Crippen LogP contribution is 2.14. The van der Waals surface area contributed by atoms with Crippen LogP contribution in [0.5, 0.6) is 0 Å². The lowest BCUT2D eigenvalue weighted by atomic mass is 10.3. The van der Waals surface area contributed by atoms with Crippen LogP contribution in [0.1, 0.15) is 27.9 Å². The van der Waals surface area contributed by atoms with Crippen molar-refractivity contribution in [3.63, 3.8) is 0 Å². The van der Waals surface area contributed by atoms with Gasteiger partial charge in [0.2, 0.25) is 5.89 Å². The first-order valence-corrected chi connectivity index (χ1v) is 5.35. The molecule has 3 N–H and O–H groups in total. The van der Waals surface area contributed by atoms with E-state index in [9.17, 15) is 4.79 Å². The molecule has 2 aromatic rings. The maximum Gasteiger partial charge on any atom is 0.272 e. The number of nitrogen functional groups attached to an aromatic ring is 1. The van der Waals surface area contributed by atoms with Gasteiger partial charge >= 0.3 is 0 Å². The van der Waals surface area contributed by atoms with Gasteiger partial charge in [0, 0.05) is 14.0 Å². The number of nitrogens with two attached hydrogens (primary N) is 1. The van der Waals surface area contributed by atoms with Crippen LogP contribution in [0, 0.1) is 13.8 Å². The van der Waals surface area contributed by atoms with Crippen molar-refractivity contribution in [3.05, 3.63) is 23.1 Å². The first kappa shape index (κ1) is 12.1. The van der Waals surface area contributed by atoms with Gasteiger partial charge in [-0.1, -0.05) is 5.16 Å². The van der Waals surface area contributed by atoms with Crippen molar-refractivity contribution < 1.29 is 9.32 Å². The number of amides is 1. The van der Waals surface area contributed by atoms with Crippen molar-refractivity contribution in [2.75, 3.05) is 5.73 Å². The fraction of sp³-hybridized carbons (Fsp3) is 0.400. The van der Waals surface area contributed by atoms with Crippen LogP contribution in [0.25, 0.3) is 0 Å². The molecule has 2 aromatic heterocycles. The lowest BCUT2D eigenvalue weighted by molar-refractivity contribution is 0.0941. The van der Waals surface area contributed by atoms with E-state index in [0.29, 0.717) is 28.8 Å². The summed E-state index contributed by atoms with van der Waals surface area (Å²) in [5.41, 5.74) is 7.11. The van der Waals surface area contributed by atoms with E-state index in [0.717, 1.165) is 0 Å². The molecule has 0 aliphatic carbocycles. The van der Waals surface area contributed by atoms with Gasteiger partial charge in [-0.25, -0.2) is 0 Å². The summed E-state index contributed by atoms with van der Waals surface area (Å²) in [7, 11) is 1.66. The predicted molar refractivity (Wildman–Crippen MR) is 62.6 cm³/mol. The smallest absolute Gasteiger partial charge is 0.272 e. The molecule has 0 aliphatic heterocycles. The van der Waals surface area contributed by atoms with E-state index in [-0.39, 0.29) is 12.5 Å². The molecule has 0 radical (unpaired) electrons. The standard InChI is InChI=1S/C10H14N6O2/c1-5-8(11)9(16(3)14-5)10(17)12-4-7-13-6(2)18-15-7/h4,11H2,1-3H3,(H,12,17). The van der Waals surface area contributed by atoms with E-state index in [1.54, 1.807) is 20.9 Å². The number of aromatic nitrogens is 4. The van der Waals surface area contributed by atoms with E-state index in [4.69, 9.17) is 10.3 Å². The molecule has 0 saturated heterocycles. The molecule has 1 amide bonds. The highest BCUT2D eigenvalue weighted by molar-refractivity contribution is 5.97. The molecular weight excluding hydrogens is 236 g/mol. The number of carbonyl (C=O) groups is 1. The summed E-state index contributed by atoms with van der Waals surface area (Å²) in [6.45, 7) is 3.61. The zero-order chi connectivity index (χ0) is 13.3. The molecule has 2 heterocycles. The fourth-order valence-corrected chi connectivity index (χ4v) is 1.60. The van der Waals surface area contributed by atoms with Crippen LogP contribution < -0.4 is 11.1 Å². The number of rotatable bonds is 3. The highest BCUT2D eigenvalue weighted by Gasteiger charge is 2.18. The Morgan fingerprint density at radius 3 is 2.72 bits per heavy atom. The molecule has 2 rings (SSSR count). The van der Waals surface area contributed by atoms with Crippen LogP contribution in [0.15, 0.2) is 4.52 Å². The second kappa shape index (κ2) is 4.47. The summed E-state index contributed by atoms with van der Waals surface area (Å²) >= 11 is 0. The van der Waals surface area contributed by atoms with E-state index < -0.39 is 0 Å². The molecule has 0 saturated carbocycles. The SMILES string of the molecule is Cc1nc(CNC(=O)c2c(N)c(C)nn2C)no1. The average Bonchev–Trinajstić information content (AvgIpc) is 2.82. The Bertz CT molecular complexity index is 585. The number of aryl methyl sites for hydroxylation is 3. The van der Waals surface area contributed by atoms with Crippen molar-refractivity contribution in [1.29, 1.82) is 0 Å². The Balaban J connectivity index is 2.08. The maximum absolute atomic E-state index is 11.9. The zero-order valence-corrected chi connectivity index (χ0v) is 10.4. The summed E-state index contributed by atoms with van der Waals surface area (Å²) in [5, 5.41) is 10.4. The average molecular weight is 250 g/mol. The summed E-state index contributed by atoms with van der Waals surface area (Å²) in [4.78, 5) is 15.9. The number of hydrogen-bond acceptors (Lipinski definition) is 6. The van der Waals surface area contributed by atoms with Gasteiger partial charge in [-0.15, -0.1) is 0 Å². The maximum atomic E-state index is 11.9. The van der Waals surface area contributed by atoms with E-state index in [1.807, 2.05) is 0 Å². The van der Waals surface area contributed by atoms with E-state index in [1.165, 1.54) is 4.68 Å². The van der Waals surface area contributed by atoms with Gasteiger partial charge in [0.1, 0.15) is 5.69 Å². The molecule has 0 aliphatic rings. The molecule has 0 fully saturated rings. The summed E-state index contributed by atoms with van der Waals surface area (Å²) in [5.74, 6) is 0.548. The summed E-state index contributed by atoms with van der Waals surface area (Å²) < 4.78 is 6.25. The van der Waals surface area contributed by atoms with Gasteiger partial charge in [-0.2, -0.15) is 10.1 Å². The summed E-state index contributed by atoms with van der Waals surface area (Å²) in [6.07, 6.45) is 0. The number of nitrogens with one attached hydrogen (secondary N) is 1. The largest absolute Gasteiger partial charge is 0.395 e. The third kappa shape index (κ3) is 2.17. The van der Waals surface area contributed by atoms with Gasteiger partial charge in [-0.3, -0.25) is 9.48 Å². The van der Waals surface area contributed by atoms with E-state index in [2.05, 4.69) is 20.6 Å². The van der Waals surface area contributed by atoms with Crippen molar-refractivity contribution in [2.45, 2.75) is 20.4 Å². The first-order chi connectivity index (χ1) is 8.49. The molecule has 0 atom stereocenters. The molecule has 0 aromatic carbocycles. The topological polar surface area (TPSA) is 112 Å². The lowest BCUT2D eigenvalue weighted by Crippen LogP contribution is -2.26. The van der Waals surface area contributed by atoms with Gasteiger partial charge < -0.3 is 15.6 Å². The molecule has 0 bridgehead atoms. The van der Waals surface area contributed by atoms with Crippen LogP contribution >= 0.6 is 0 Å². The minimum atomic E-state index is -0.321. The minimum Gasteiger partial charge on any atom is -0.395 e. The van der Waals surface area contributed by atoms with E-state index >= 15 is 0 Å². The highest BCUT2D eigenvalue weighted by atomic mass is 16.5. The van der Waals surface area contributed by atoms with Crippen molar-refractivity contribution in [2.24, 2.45) is 7.05 Å². The van der Waals surface area contributed by atoms with Gasteiger partial charge in [0.15, 0.2) is 5.82 Å². The number of hydrogen-bond donors (Lipinski definition) is 2. The Morgan fingerprint density at radius 1 is 1.50 bits per heavy atom. The number of anilines is 1. The fourth-order valence-electron chi connectivity index (χ4n) is 1.60. The normalized spacial score (nSPS) is 10.6. The molecule has 8 nitrogen and oxygen atoms in total. The third-order valence-electron chi connectivity index (χ3n) is 2.46. The Hall–Kier alpha value is -2.38.